The average Bonchev–Trinajstić information content (AvgIpc) is 3.78. The minimum absolute atomic E-state index is 0.0332. The summed E-state index contributed by atoms with van der Waals surface area (Å²) in [5.41, 5.74) is 7.48. The summed E-state index contributed by atoms with van der Waals surface area (Å²) in [5.74, 6) is -4.19. The lowest BCUT2D eigenvalue weighted by Crippen LogP contribution is -2.56. The van der Waals surface area contributed by atoms with Gasteiger partial charge in [-0.15, -0.1) is 0 Å². The number of aromatic amines is 1. The molecule has 2 saturated heterocycles. The van der Waals surface area contributed by atoms with Crippen LogP contribution in [0, 0.1) is 17.8 Å². The molecular formula is C57H84N12O13. The first-order valence-electron chi connectivity index (χ1n) is 28.7. The average molecular weight is 1150 g/mol. The lowest BCUT2D eigenvalue weighted by atomic mass is 9.90. The van der Waals surface area contributed by atoms with Crippen LogP contribution in [0.5, 0.6) is 0 Å². The molecule has 1 aliphatic carbocycles. The molecule has 4 heterocycles. The third-order valence-electron chi connectivity index (χ3n) is 16.4. The van der Waals surface area contributed by atoms with Crippen molar-refractivity contribution < 1.29 is 62.2 Å². The van der Waals surface area contributed by atoms with Crippen LogP contribution in [-0.2, 0) is 70.5 Å². The zero-order valence-corrected chi connectivity index (χ0v) is 48.2. The Hall–Kier alpha value is -7.25. The molecule has 3 aliphatic heterocycles. The van der Waals surface area contributed by atoms with Crippen LogP contribution in [0.4, 0.5) is 10.5 Å². The molecule has 0 radical (unpaired) electrons. The van der Waals surface area contributed by atoms with Crippen molar-refractivity contribution in [2.24, 2.45) is 23.5 Å². The van der Waals surface area contributed by atoms with E-state index >= 15 is 0 Å². The first kappa shape index (κ1) is 63.9. The fourth-order valence-electron chi connectivity index (χ4n) is 11.7. The van der Waals surface area contributed by atoms with E-state index in [9.17, 15) is 47.9 Å². The molecular weight excluding hydrogens is 1060 g/mol. The molecule has 2 aromatic rings. The highest BCUT2D eigenvalue weighted by atomic mass is 16.6. The third kappa shape index (κ3) is 17.2. The lowest BCUT2D eigenvalue weighted by Gasteiger charge is -2.39. The maximum Gasteiger partial charge on any atom is 0.411 e. The number of anilines is 1. The second-order valence-corrected chi connectivity index (χ2v) is 21.8. The number of ether oxygens (including phenoxy) is 3. The molecule has 0 unspecified atom stereocenters. The Bertz CT molecular complexity index is 2550. The van der Waals surface area contributed by atoms with Gasteiger partial charge in [0.2, 0.25) is 41.4 Å². The Morgan fingerprint density at radius 2 is 1.61 bits per heavy atom. The molecule has 2 bridgehead atoms. The maximum absolute atomic E-state index is 14.2. The van der Waals surface area contributed by atoms with Gasteiger partial charge in [0.15, 0.2) is 0 Å². The van der Waals surface area contributed by atoms with Crippen LogP contribution in [-0.4, -0.2) is 185 Å². The van der Waals surface area contributed by atoms with E-state index in [1.807, 2.05) is 13.8 Å². The van der Waals surface area contributed by atoms with E-state index in [0.717, 1.165) is 23.4 Å². The highest BCUT2D eigenvalue weighted by Crippen LogP contribution is 2.43. The molecule has 6 rings (SSSR count). The van der Waals surface area contributed by atoms with Gasteiger partial charge < -0.3 is 56.3 Å². The molecule has 25 nitrogen and oxygen atoms in total. The highest BCUT2D eigenvalue weighted by molar-refractivity contribution is 6.12. The number of benzene rings is 1. The SMILES string of the molecule is CC[C@H](C)[C@@H]([C@@H](CC(=O)N1CCC[C@H]1[C@H](OC)[C@@H](C)C(=O)NCc1ccn[nH]1)OC)N(C)C(=O)CNC(=O)[C@@H]1[C@H]2CC[C@H](C2)N1C(=O)OCc1ccc(NC(=O)[C@H](CCCN)NC(=O)CNC(=O)CCCCCN2C(=O)C=CC2=O)cc1. The summed E-state index contributed by atoms with van der Waals surface area (Å²) in [5, 5.41) is 20.5. The summed E-state index contributed by atoms with van der Waals surface area (Å²) in [6, 6.07) is 5.44. The van der Waals surface area contributed by atoms with Crippen molar-refractivity contribution in [1.82, 2.24) is 51.1 Å². The number of imide groups is 1. The van der Waals surface area contributed by atoms with E-state index in [1.54, 1.807) is 62.5 Å². The van der Waals surface area contributed by atoms with E-state index in [2.05, 4.69) is 36.8 Å². The quantitative estimate of drug-likeness (QED) is 0.0407. The highest BCUT2D eigenvalue weighted by Gasteiger charge is 2.52. The van der Waals surface area contributed by atoms with Gasteiger partial charge in [-0.05, 0) is 99.9 Å². The maximum atomic E-state index is 14.2. The van der Waals surface area contributed by atoms with Crippen LogP contribution < -0.4 is 32.3 Å². The van der Waals surface area contributed by atoms with Gasteiger partial charge in [0.05, 0.1) is 62.0 Å². The van der Waals surface area contributed by atoms with E-state index < -0.39 is 66.0 Å². The molecule has 1 aromatic heterocycles. The van der Waals surface area contributed by atoms with Crippen LogP contribution in [0.25, 0.3) is 0 Å². The number of likely N-dealkylation sites (N-methyl/N-ethyl adjacent to an activating group) is 1. The van der Waals surface area contributed by atoms with Crippen LogP contribution in [0.15, 0.2) is 48.7 Å². The monoisotopic (exact) mass is 1140 g/mol. The summed E-state index contributed by atoms with van der Waals surface area (Å²) in [4.78, 5) is 137. The minimum atomic E-state index is -0.950. The first-order chi connectivity index (χ1) is 39.4. The smallest absolute Gasteiger partial charge is 0.411 e. The fraction of sp³-hybridized carbons (Fsp3) is 0.632. The Balaban J connectivity index is 0.955. The summed E-state index contributed by atoms with van der Waals surface area (Å²) < 4.78 is 17.6. The number of hydrogen-bond acceptors (Lipinski definition) is 15. The fourth-order valence-corrected chi connectivity index (χ4v) is 11.7. The Morgan fingerprint density at radius 1 is 0.866 bits per heavy atom. The third-order valence-corrected chi connectivity index (χ3v) is 16.4. The van der Waals surface area contributed by atoms with Crippen LogP contribution in [0.1, 0.15) is 115 Å². The molecule has 1 aromatic carbocycles. The number of H-pyrrole nitrogens is 1. The number of hydrogen-bond donors (Lipinski definition) is 7. The van der Waals surface area contributed by atoms with Gasteiger partial charge in [0.1, 0.15) is 18.7 Å². The number of fused-ring (bicyclic) bond motifs is 2. The van der Waals surface area contributed by atoms with Gasteiger partial charge >= 0.3 is 6.09 Å². The van der Waals surface area contributed by atoms with Gasteiger partial charge in [-0.2, -0.15) is 5.10 Å². The predicted octanol–water partition coefficient (Wildman–Crippen LogP) is 2.02. The number of aromatic nitrogens is 2. The van der Waals surface area contributed by atoms with Crippen LogP contribution in [0.3, 0.4) is 0 Å². The van der Waals surface area contributed by atoms with E-state index in [1.165, 1.54) is 29.1 Å². The topological polar surface area (TPSA) is 326 Å². The summed E-state index contributed by atoms with van der Waals surface area (Å²) in [7, 11) is 4.69. The molecule has 10 atom stereocenters. The van der Waals surface area contributed by atoms with E-state index in [0.29, 0.717) is 69.2 Å². The zero-order chi connectivity index (χ0) is 59.5. The lowest BCUT2D eigenvalue weighted by molar-refractivity contribution is -0.146. The predicted molar refractivity (Wildman–Crippen MR) is 299 cm³/mol. The van der Waals surface area contributed by atoms with Crippen molar-refractivity contribution in [2.45, 2.75) is 160 Å². The number of nitrogens with zero attached hydrogens (tertiary/aromatic N) is 5. The van der Waals surface area contributed by atoms with E-state index in [4.69, 9.17) is 19.9 Å². The number of nitrogens with one attached hydrogen (secondary N) is 6. The molecule has 0 spiro atoms. The number of amides is 10. The molecule has 10 amide bonds. The Kier molecular flexibility index (Phi) is 24.4. The van der Waals surface area contributed by atoms with Crippen LogP contribution >= 0.6 is 0 Å². The van der Waals surface area contributed by atoms with Crippen molar-refractivity contribution in [2.75, 3.05) is 59.3 Å². The van der Waals surface area contributed by atoms with Crippen molar-refractivity contribution in [3.8, 4) is 0 Å². The van der Waals surface area contributed by atoms with Gasteiger partial charge in [-0.25, -0.2) is 4.79 Å². The summed E-state index contributed by atoms with van der Waals surface area (Å²) in [6.07, 6.45) is 8.63. The number of carbonyl (C=O) groups is 10. The van der Waals surface area contributed by atoms with Gasteiger partial charge in [-0.3, -0.25) is 58.0 Å². The Labute approximate surface area is 479 Å². The number of piperidine rings is 1. The first-order valence-corrected chi connectivity index (χ1v) is 28.7. The minimum Gasteiger partial charge on any atom is -0.445 e. The molecule has 450 valence electrons. The largest absolute Gasteiger partial charge is 0.445 e. The van der Waals surface area contributed by atoms with Gasteiger partial charge in [-0.1, -0.05) is 45.7 Å². The molecule has 25 heteroatoms. The second-order valence-electron chi connectivity index (χ2n) is 21.8. The Morgan fingerprint density at radius 3 is 2.28 bits per heavy atom. The summed E-state index contributed by atoms with van der Waals surface area (Å²) in [6.45, 7) is 6.22. The number of methoxy groups -OCH3 is 2. The van der Waals surface area contributed by atoms with Crippen molar-refractivity contribution in [3.63, 3.8) is 0 Å². The van der Waals surface area contributed by atoms with Gasteiger partial charge in [0, 0.05) is 70.9 Å². The molecule has 8 N–H and O–H groups in total. The normalized spacial score (nSPS) is 20.4. The van der Waals surface area contributed by atoms with Crippen LogP contribution in [0.2, 0.25) is 0 Å². The van der Waals surface area contributed by atoms with Crippen molar-refractivity contribution in [3.05, 3.63) is 59.9 Å². The van der Waals surface area contributed by atoms with Crippen molar-refractivity contribution in [1.29, 1.82) is 0 Å². The second kappa shape index (κ2) is 31.3. The molecule has 1 saturated carbocycles. The number of nitrogens with two attached hydrogens (primary N) is 1. The number of carbonyl (C=O) groups excluding carboxylic acids is 10. The number of rotatable bonds is 32. The summed E-state index contributed by atoms with van der Waals surface area (Å²) >= 11 is 0. The number of likely N-dealkylation sites (tertiary alicyclic amines) is 2. The number of unbranched alkanes of at least 4 members (excludes halogenated alkanes) is 2. The standard InChI is InChI=1S/C57H84N12O13/c1-7-35(2)51(44(80-5)30-49(74)67-28-12-14-43(67)53(81-6)36(3)54(76)60-31-40-24-26-62-65-40)66(4)50(75)33-61-56(78)52-38-18-21-41(29-38)69(52)57(79)82-34-37-16-19-39(20-17-37)63-55(77)42(13-11-25-58)64-46(71)32-59-45(70)15-9-8-10-27-68-47(72)22-23-48(68)73/h16-17,19-20,22-24,26,35-36,38,41-44,51-53H,7-15,18,21,25,27-34,58H2,1-6H3,(H,59,70)(H,60,76)(H,61,78)(H,62,65)(H,63,77)(H,64,71)/t35-,36+,38-,41+,42-,43-,44+,51-,52-,53+/m0/s1. The van der Waals surface area contributed by atoms with Crippen molar-refractivity contribution >= 4 is 64.9 Å². The molecule has 3 fully saturated rings. The van der Waals surface area contributed by atoms with Gasteiger partial charge in [0.25, 0.3) is 11.8 Å². The zero-order valence-electron chi connectivity index (χ0n) is 48.2. The van der Waals surface area contributed by atoms with E-state index in [-0.39, 0.29) is 112 Å². The molecule has 4 aliphatic rings. The molecule has 82 heavy (non-hydrogen) atoms.